The van der Waals surface area contributed by atoms with Crippen molar-refractivity contribution in [1.29, 1.82) is 0 Å². The quantitative estimate of drug-likeness (QED) is 0.599. The Labute approximate surface area is 94.1 Å². The van der Waals surface area contributed by atoms with Crippen molar-refractivity contribution in [3.63, 3.8) is 0 Å². The smallest absolute Gasteiger partial charge is 0.100 e. The molecule has 0 aliphatic rings. The lowest BCUT2D eigenvalue weighted by molar-refractivity contribution is 0.800. The van der Waals surface area contributed by atoms with E-state index in [4.69, 9.17) is 0 Å². The Morgan fingerprint density at radius 2 is 1.94 bits per heavy atom. The Hall–Kier alpha value is -2.09. The van der Waals surface area contributed by atoms with Crippen LogP contribution in [0.1, 0.15) is 0 Å². The summed E-state index contributed by atoms with van der Waals surface area (Å²) in [6.07, 6.45) is 0. The number of rotatable bonds is 1. The first kappa shape index (κ1) is 9.16. The molecular formula is C14H11N2. The highest BCUT2D eigenvalue weighted by Gasteiger charge is 2.08. The van der Waals surface area contributed by atoms with Gasteiger partial charge in [-0.1, -0.05) is 36.4 Å². The molecule has 2 nitrogen and oxygen atoms in total. The highest BCUT2D eigenvalue weighted by atomic mass is 15.3. The maximum atomic E-state index is 4.56. The van der Waals surface area contributed by atoms with E-state index in [1.807, 2.05) is 42.1 Å². The van der Waals surface area contributed by atoms with Crippen molar-refractivity contribution in [2.45, 2.75) is 0 Å². The number of hydrogen-bond donors (Lipinski definition) is 0. The minimum atomic E-state index is 1.03. The summed E-state index contributed by atoms with van der Waals surface area (Å²) < 4.78 is 1.90. The summed E-state index contributed by atoms with van der Waals surface area (Å²) in [6, 6.07) is 19.3. The van der Waals surface area contributed by atoms with Crippen LogP contribution in [-0.2, 0) is 7.05 Å². The second kappa shape index (κ2) is 3.49. The molecule has 2 heteroatoms. The van der Waals surface area contributed by atoms with Crippen LogP contribution in [0.5, 0.6) is 0 Å². The highest BCUT2D eigenvalue weighted by molar-refractivity contribution is 5.93. The number of nitrogens with zero attached hydrogens (tertiary/aromatic N) is 2. The molecule has 0 amide bonds. The van der Waals surface area contributed by atoms with Crippen molar-refractivity contribution in [1.82, 2.24) is 9.78 Å². The number of benzene rings is 2. The predicted octanol–water partition coefficient (Wildman–Crippen LogP) is 3.04. The van der Waals surface area contributed by atoms with Gasteiger partial charge in [0.15, 0.2) is 0 Å². The van der Waals surface area contributed by atoms with Gasteiger partial charge in [-0.05, 0) is 18.2 Å². The minimum Gasteiger partial charge on any atom is -0.267 e. The summed E-state index contributed by atoms with van der Waals surface area (Å²) >= 11 is 0. The van der Waals surface area contributed by atoms with Gasteiger partial charge in [0, 0.05) is 18.0 Å². The summed E-state index contributed by atoms with van der Waals surface area (Å²) in [4.78, 5) is 0. The molecule has 0 spiro atoms. The fourth-order valence-electron chi connectivity index (χ4n) is 1.96. The lowest BCUT2D eigenvalue weighted by Gasteiger charge is -1.95. The molecule has 1 heterocycles. The van der Waals surface area contributed by atoms with Gasteiger partial charge in [0.25, 0.3) is 0 Å². The van der Waals surface area contributed by atoms with Crippen LogP contribution in [-0.4, -0.2) is 9.78 Å². The second-order valence-electron chi connectivity index (χ2n) is 3.78. The Balaban J connectivity index is 2.33. The third-order valence-electron chi connectivity index (χ3n) is 2.74. The summed E-state index contributed by atoms with van der Waals surface area (Å²) in [5.74, 6) is 0. The first-order valence-electron chi connectivity index (χ1n) is 5.24. The van der Waals surface area contributed by atoms with Gasteiger partial charge in [-0.25, -0.2) is 0 Å². The molecule has 3 aromatic rings. The number of hydrogen-bond acceptors (Lipinski definition) is 1. The number of fused-ring (bicyclic) bond motifs is 1. The maximum absolute atomic E-state index is 4.56. The van der Waals surface area contributed by atoms with Crippen LogP contribution in [0.4, 0.5) is 0 Å². The van der Waals surface area contributed by atoms with Gasteiger partial charge in [-0.2, -0.15) is 5.10 Å². The van der Waals surface area contributed by atoms with Crippen molar-refractivity contribution in [2.24, 2.45) is 7.05 Å². The topological polar surface area (TPSA) is 17.8 Å². The number of aromatic nitrogens is 2. The molecule has 1 radical (unpaired) electrons. The second-order valence-corrected chi connectivity index (χ2v) is 3.78. The van der Waals surface area contributed by atoms with Gasteiger partial charge in [-0.15, -0.1) is 0 Å². The van der Waals surface area contributed by atoms with Crippen LogP contribution in [0.2, 0.25) is 0 Å². The summed E-state index contributed by atoms with van der Waals surface area (Å²) in [5.41, 5.74) is 3.30. The highest BCUT2D eigenvalue weighted by Crippen LogP contribution is 2.26. The summed E-state index contributed by atoms with van der Waals surface area (Å²) in [7, 11) is 1.96. The van der Waals surface area contributed by atoms with Gasteiger partial charge in [0.05, 0.1) is 5.52 Å². The third kappa shape index (κ3) is 1.31. The van der Waals surface area contributed by atoms with E-state index in [0.717, 1.165) is 16.8 Å². The lowest BCUT2D eigenvalue weighted by atomic mass is 10.1. The van der Waals surface area contributed by atoms with Gasteiger partial charge in [0.2, 0.25) is 0 Å². The fraction of sp³-hybridized carbons (Fsp3) is 0.0714. The molecule has 1 aromatic heterocycles. The van der Waals surface area contributed by atoms with Gasteiger partial charge in [0.1, 0.15) is 5.69 Å². The first-order valence-corrected chi connectivity index (χ1v) is 5.24. The van der Waals surface area contributed by atoms with Crippen molar-refractivity contribution in [3.05, 3.63) is 54.6 Å². The van der Waals surface area contributed by atoms with Crippen LogP contribution in [0.3, 0.4) is 0 Å². The van der Waals surface area contributed by atoms with E-state index in [0.29, 0.717) is 0 Å². The van der Waals surface area contributed by atoms with E-state index in [2.05, 4.69) is 29.4 Å². The Morgan fingerprint density at radius 3 is 2.75 bits per heavy atom. The van der Waals surface area contributed by atoms with Crippen molar-refractivity contribution in [2.75, 3.05) is 0 Å². The molecule has 0 N–H and O–H groups in total. The van der Waals surface area contributed by atoms with Gasteiger partial charge in [-0.3, -0.25) is 4.68 Å². The van der Waals surface area contributed by atoms with E-state index in [-0.39, 0.29) is 0 Å². The Bertz CT molecular complexity index is 624. The standard InChI is InChI=1S/C14H11N2/c1-16-13-10-6-5-9-12(13)14(15-16)11-7-3-2-4-8-11/h2-5,7-10H,1H3. The van der Waals surface area contributed by atoms with Crippen LogP contribution < -0.4 is 0 Å². The zero-order chi connectivity index (χ0) is 11.0. The van der Waals surface area contributed by atoms with E-state index >= 15 is 0 Å². The van der Waals surface area contributed by atoms with Crippen LogP contribution in [0.25, 0.3) is 22.2 Å². The molecule has 2 aromatic carbocycles. The van der Waals surface area contributed by atoms with Crippen LogP contribution >= 0.6 is 0 Å². The van der Waals surface area contributed by atoms with Crippen molar-refractivity contribution in [3.8, 4) is 11.3 Å². The Kier molecular flexibility index (Phi) is 2.00. The summed E-state index contributed by atoms with van der Waals surface area (Å²) in [5, 5.41) is 5.73. The zero-order valence-corrected chi connectivity index (χ0v) is 9.01. The fourth-order valence-corrected chi connectivity index (χ4v) is 1.96. The molecule has 0 unspecified atom stereocenters. The Morgan fingerprint density at radius 1 is 1.12 bits per heavy atom. The van der Waals surface area contributed by atoms with Gasteiger partial charge < -0.3 is 0 Å². The average Bonchev–Trinajstić information content (AvgIpc) is 2.69. The SMILES string of the molecule is Cn1nc(-c2ccccc2)c2cc[c]cc21. The van der Waals surface area contributed by atoms with Gasteiger partial charge >= 0.3 is 0 Å². The number of aryl methyl sites for hydroxylation is 1. The van der Waals surface area contributed by atoms with E-state index in [1.54, 1.807) is 0 Å². The molecule has 0 aliphatic carbocycles. The molecule has 0 saturated heterocycles. The molecule has 0 bridgehead atoms. The summed E-state index contributed by atoms with van der Waals surface area (Å²) in [6.45, 7) is 0. The molecule has 0 fully saturated rings. The molecule has 3 rings (SSSR count). The van der Waals surface area contributed by atoms with Crippen molar-refractivity contribution >= 4 is 10.9 Å². The van der Waals surface area contributed by atoms with Crippen LogP contribution in [0.15, 0.2) is 48.5 Å². The largest absolute Gasteiger partial charge is 0.267 e. The van der Waals surface area contributed by atoms with Crippen LogP contribution in [0, 0.1) is 6.07 Å². The molecule has 77 valence electrons. The molecular weight excluding hydrogens is 196 g/mol. The minimum absolute atomic E-state index is 1.03. The van der Waals surface area contributed by atoms with E-state index < -0.39 is 0 Å². The maximum Gasteiger partial charge on any atom is 0.100 e. The van der Waals surface area contributed by atoms with Crippen molar-refractivity contribution < 1.29 is 0 Å². The average molecular weight is 207 g/mol. The van der Waals surface area contributed by atoms with E-state index in [1.165, 1.54) is 5.39 Å². The lowest BCUT2D eigenvalue weighted by Crippen LogP contribution is -1.89. The normalized spacial score (nSPS) is 10.8. The molecule has 0 saturated carbocycles. The molecule has 16 heavy (non-hydrogen) atoms. The molecule has 0 aliphatic heterocycles. The molecule has 0 atom stereocenters. The first-order chi connectivity index (χ1) is 7.86. The van der Waals surface area contributed by atoms with E-state index in [9.17, 15) is 0 Å². The monoisotopic (exact) mass is 207 g/mol. The zero-order valence-electron chi connectivity index (χ0n) is 9.01. The predicted molar refractivity (Wildman–Crippen MR) is 65.0 cm³/mol. The third-order valence-corrected chi connectivity index (χ3v) is 2.74.